The standard InChI is InChI=1S/C22H26N4O4/c1-15(21(28)23-18(14-27)16-5-3-2-4-6-16)26-13-17-7-8-19(24-20(17)22(26)29)25-9-11-30-12-10-25/h2-8,15,18,27H,9-14H2,1H3,(H,23,28)/t15-,18-/m1/s1. The lowest BCUT2D eigenvalue weighted by atomic mass is 10.1. The van der Waals surface area contributed by atoms with Crippen molar-refractivity contribution in [2.24, 2.45) is 0 Å². The molecule has 1 fully saturated rings. The zero-order valence-corrected chi connectivity index (χ0v) is 17.0. The molecule has 1 saturated heterocycles. The normalized spacial score (nSPS) is 18.1. The summed E-state index contributed by atoms with van der Waals surface area (Å²) in [6, 6.07) is 11.9. The minimum Gasteiger partial charge on any atom is -0.394 e. The van der Waals surface area contributed by atoms with Crippen molar-refractivity contribution in [1.29, 1.82) is 0 Å². The van der Waals surface area contributed by atoms with Crippen LogP contribution in [-0.2, 0) is 16.1 Å². The maximum absolute atomic E-state index is 13.0. The molecule has 2 aromatic rings. The SMILES string of the molecule is C[C@H](C(=O)N[C@H](CO)c1ccccc1)N1Cc2ccc(N3CCOCC3)nc2C1=O. The number of ether oxygens (including phenoxy) is 1. The summed E-state index contributed by atoms with van der Waals surface area (Å²) >= 11 is 0. The van der Waals surface area contributed by atoms with E-state index in [9.17, 15) is 14.7 Å². The van der Waals surface area contributed by atoms with Crippen LogP contribution in [0, 0.1) is 0 Å². The minimum atomic E-state index is -0.684. The molecule has 4 rings (SSSR count). The summed E-state index contributed by atoms with van der Waals surface area (Å²) in [7, 11) is 0. The Kier molecular flexibility index (Phi) is 5.96. The van der Waals surface area contributed by atoms with Gasteiger partial charge in [-0.15, -0.1) is 0 Å². The van der Waals surface area contributed by atoms with Crippen LogP contribution in [0.3, 0.4) is 0 Å². The van der Waals surface area contributed by atoms with Crippen molar-refractivity contribution in [1.82, 2.24) is 15.2 Å². The lowest BCUT2D eigenvalue weighted by Crippen LogP contribution is -2.46. The average molecular weight is 410 g/mol. The van der Waals surface area contributed by atoms with Crippen LogP contribution in [0.4, 0.5) is 5.82 Å². The van der Waals surface area contributed by atoms with E-state index in [0.29, 0.717) is 25.5 Å². The van der Waals surface area contributed by atoms with Gasteiger partial charge < -0.3 is 25.0 Å². The molecular formula is C22H26N4O4. The summed E-state index contributed by atoms with van der Waals surface area (Å²) in [5.74, 6) is 0.198. The number of carbonyl (C=O) groups is 2. The number of carbonyl (C=O) groups excluding carboxylic acids is 2. The fourth-order valence-corrected chi connectivity index (χ4v) is 3.82. The van der Waals surface area contributed by atoms with Gasteiger partial charge in [-0.2, -0.15) is 0 Å². The number of aliphatic hydroxyl groups is 1. The van der Waals surface area contributed by atoms with Gasteiger partial charge >= 0.3 is 0 Å². The third-order valence-corrected chi connectivity index (χ3v) is 5.65. The van der Waals surface area contributed by atoms with Gasteiger partial charge in [0, 0.05) is 25.2 Å². The van der Waals surface area contributed by atoms with Crippen molar-refractivity contribution in [3.8, 4) is 0 Å². The summed E-state index contributed by atoms with van der Waals surface area (Å²) in [5, 5.41) is 12.5. The van der Waals surface area contributed by atoms with Crippen molar-refractivity contribution >= 4 is 17.6 Å². The summed E-state index contributed by atoms with van der Waals surface area (Å²) < 4.78 is 5.38. The number of amides is 2. The van der Waals surface area contributed by atoms with Crippen LogP contribution in [0.2, 0.25) is 0 Å². The first-order valence-electron chi connectivity index (χ1n) is 10.2. The number of morpholine rings is 1. The predicted octanol–water partition coefficient (Wildman–Crippen LogP) is 1.11. The first-order valence-corrected chi connectivity index (χ1v) is 10.2. The molecule has 2 N–H and O–H groups in total. The number of aromatic nitrogens is 1. The van der Waals surface area contributed by atoms with E-state index in [1.165, 1.54) is 4.90 Å². The third-order valence-electron chi connectivity index (χ3n) is 5.65. The summed E-state index contributed by atoms with van der Waals surface area (Å²) in [6.45, 7) is 4.58. The van der Waals surface area contributed by atoms with Crippen molar-refractivity contribution < 1.29 is 19.4 Å². The van der Waals surface area contributed by atoms with Crippen LogP contribution < -0.4 is 10.2 Å². The van der Waals surface area contributed by atoms with E-state index in [4.69, 9.17) is 4.74 Å². The van der Waals surface area contributed by atoms with Crippen molar-refractivity contribution in [2.45, 2.75) is 25.6 Å². The number of anilines is 1. The Morgan fingerprint density at radius 1 is 1.20 bits per heavy atom. The Labute approximate surface area is 175 Å². The molecule has 0 bridgehead atoms. The molecule has 8 heteroatoms. The zero-order valence-electron chi connectivity index (χ0n) is 17.0. The Balaban J connectivity index is 1.45. The second kappa shape index (κ2) is 8.81. The van der Waals surface area contributed by atoms with Crippen LogP contribution in [0.25, 0.3) is 0 Å². The molecule has 0 unspecified atom stereocenters. The van der Waals surface area contributed by atoms with Crippen LogP contribution in [0.5, 0.6) is 0 Å². The van der Waals surface area contributed by atoms with Gasteiger partial charge in [0.15, 0.2) is 0 Å². The van der Waals surface area contributed by atoms with Gasteiger partial charge in [0.1, 0.15) is 17.6 Å². The van der Waals surface area contributed by atoms with E-state index in [1.54, 1.807) is 6.92 Å². The van der Waals surface area contributed by atoms with Crippen LogP contribution in [0.15, 0.2) is 42.5 Å². The Bertz CT molecular complexity index is 915. The van der Waals surface area contributed by atoms with Crippen LogP contribution in [-0.4, -0.2) is 65.8 Å². The number of benzene rings is 1. The first kappa shape index (κ1) is 20.3. The molecule has 2 amide bonds. The van der Waals surface area contributed by atoms with E-state index in [0.717, 1.165) is 30.0 Å². The highest BCUT2D eigenvalue weighted by Gasteiger charge is 2.36. The first-order chi connectivity index (χ1) is 14.6. The molecule has 0 spiro atoms. The van der Waals surface area contributed by atoms with Gasteiger partial charge in [-0.05, 0) is 18.6 Å². The maximum Gasteiger partial charge on any atom is 0.273 e. The molecule has 0 aliphatic carbocycles. The number of hydrogen-bond donors (Lipinski definition) is 2. The lowest BCUT2D eigenvalue weighted by Gasteiger charge is -2.28. The molecule has 2 atom stereocenters. The van der Waals surface area contributed by atoms with E-state index in [1.807, 2.05) is 42.5 Å². The number of aliphatic hydroxyl groups excluding tert-OH is 1. The molecule has 1 aromatic heterocycles. The van der Waals surface area contributed by atoms with E-state index in [2.05, 4.69) is 15.2 Å². The van der Waals surface area contributed by atoms with Gasteiger partial charge in [0.05, 0.1) is 25.9 Å². The molecule has 8 nitrogen and oxygen atoms in total. The molecule has 158 valence electrons. The molecule has 2 aliphatic rings. The third kappa shape index (κ3) is 4.01. The largest absolute Gasteiger partial charge is 0.394 e. The van der Waals surface area contributed by atoms with Crippen molar-refractivity contribution in [3.63, 3.8) is 0 Å². The van der Waals surface area contributed by atoms with Crippen molar-refractivity contribution in [3.05, 3.63) is 59.3 Å². The fourth-order valence-electron chi connectivity index (χ4n) is 3.82. The summed E-state index contributed by atoms with van der Waals surface area (Å²) in [4.78, 5) is 34.0. The Morgan fingerprint density at radius 3 is 2.63 bits per heavy atom. The number of nitrogens with zero attached hydrogens (tertiary/aromatic N) is 3. The molecule has 2 aliphatic heterocycles. The van der Waals surface area contributed by atoms with Crippen LogP contribution in [0.1, 0.15) is 34.6 Å². The number of pyridine rings is 1. The number of nitrogens with one attached hydrogen (secondary N) is 1. The van der Waals surface area contributed by atoms with Gasteiger partial charge in [-0.3, -0.25) is 9.59 Å². The topological polar surface area (TPSA) is 95.0 Å². The number of hydrogen-bond acceptors (Lipinski definition) is 6. The summed E-state index contributed by atoms with van der Waals surface area (Å²) in [5.41, 5.74) is 2.03. The highest BCUT2D eigenvalue weighted by atomic mass is 16.5. The molecule has 30 heavy (non-hydrogen) atoms. The van der Waals surface area contributed by atoms with Crippen LogP contribution >= 0.6 is 0 Å². The predicted molar refractivity (Wildman–Crippen MR) is 111 cm³/mol. The average Bonchev–Trinajstić information content (AvgIpc) is 3.13. The molecular weight excluding hydrogens is 384 g/mol. The monoisotopic (exact) mass is 410 g/mol. The Morgan fingerprint density at radius 2 is 1.93 bits per heavy atom. The highest BCUT2D eigenvalue weighted by molar-refractivity contribution is 5.99. The maximum atomic E-state index is 13.0. The molecule has 0 saturated carbocycles. The van der Waals surface area contributed by atoms with Gasteiger partial charge in [0.25, 0.3) is 5.91 Å². The minimum absolute atomic E-state index is 0.221. The zero-order chi connectivity index (χ0) is 21.1. The van der Waals surface area contributed by atoms with E-state index >= 15 is 0 Å². The van der Waals surface area contributed by atoms with E-state index < -0.39 is 12.1 Å². The molecule has 1 aromatic carbocycles. The Hall–Kier alpha value is -2.97. The van der Waals surface area contributed by atoms with Gasteiger partial charge in [0.2, 0.25) is 5.91 Å². The second-order valence-electron chi connectivity index (χ2n) is 7.54. The van der Waals surface area contributed by atoms with E-state index in [-0.39, 0.29) is 18.4 Å². The van der Waals surface area contributed by atoms with Gasteiger partial charge in [-0.1, -0.05) is 36.4 Å². The lowest BCUT2D eigenvalue weighted by molar-refractivity contribution is -0.126. The second-order valence-corrected chi connectivity index (χ2v) is 7.54. The van der Waals surface area contributed by atoms with Gasteiger partial charge in [-0.25, -0.2) is 4.98 Å². The smallest absolute Gasteiger partial charge is 0.273 e. The fraction of sp³-hybridized carbons (Fsp3) is 0.409. The molecule has 0 radical (unpaired) electrons. The van der Waals surface area contributed by atoms with Crippen molar-refractivity contribution in [2.75, 3.05) is 37.8 Å². The number of rotatable bonds is 6. The molecule has 3 heterocycles. The summed E-state index contributed by atoms with van der Waals surface area (Å²) in [6.07, 6.45) is 0. The number of fused-ring (bicyclic) bond motifs is 1. The quantitative estimate of drug-likeness (QED) is 0.741. The highest BCUT2D eigenvalue weighted by Crippen LogP contribution is 2.26.